The van der Waals surface area contributed by atoms with E-state index in [0.717, 1.165) is 43.6 Å². The first-order valence-electron chi connectivity index (χ1n) is 7.59. The highest BCUT2D eigenvalue weighted by molar-refractivity contribution is 14.0. The van der Waals surface area contributed by atoms with Gasteiger partial charge in [-0.25, -0.2) is 0 Å². The van der Waals surface area contributed by atoms with Gasteiger partial charge in [0, 0.05) is 26.7 Å². The number of ether oxygens (including phenoxy) is 3. The number of rotatable bonds is 10. The van der Waals surface area contributed by atoms with Crippen LogP contribution in [0.15, 0.2) is 29.3 Å². The second-order valence-electron chi connectivity index (χ2n) is 4.50. The highest BCUT2D eigenvalue weighted by Crippen LogP contribution is 2.16. The van der Waals surface area contributed by atoms with Gasteiger partial charge in [0.15, 0.2) is 5.96 Å². The van der Waals surface area contributed by atoms with E-state index in [2.05, 4.69) is 15.6 Å². The summed E-state index contributed by atoms with van der Waals surface area (Å²) in [6.45, 7) is 5.58. The lowest BCUT2D eigenvalue weighted by Gasteiger charge is -2.12. The van der Waals surface area contributed by atoms with Crippen LogP contribution in [-0.2, 0) is 4.74 Å². The smallest absolute Gasteiger partial charge is 0.191 e. The van der Waals surface area contributed by atoms with Gasteiger partial charge in [-0.2, -0.15) is 0 Å². The molecule has 0 bridgehead atoms. The Morgan fingerprint density at radius 1 is 1.04 bits per heavy atom. The number of aliphatic imine (C=N–C) groups is 1. The van der Waals surface area contributed by atoms with Gasteiger partial charge >= 0.3 is 0 Å². The molecule has 23 heavy (non-hydrogen) atoms. The van der Waals surface area contributed by atoms with Gasteiger partial charge in [0.05, 0.1) is 20.3 Å². The first-order valence-corrected chi connectivity index (χ1v) is 7.59. The largest absolute Gasteiger partial charge is 0.497 e. The molecule has 0 amide bonds. The predicted octanol–water partition coefficient (Wildman–Crippen LogP) is 2.28. The zero-order valence-corrected chi connectivity index (χ0v) is 16.5. The van der Waals surface area contributed by atoms with Crippen LogP contribution in [0.4, 0.5) is 0 Å². The Morgan fingerprint density at radius 2 is 1.70 bits per heavy atom. The normalized spacial score (nSPS) is 10.7. The van der Waals surface area contributed by atoms with Crippen LogP contribution in [0.1, 0.15) is 13.3 Å². The molecule has 132 valence electrons. The second-order valence-corrected chi connectivity index (χ2v) is 4.50. The average Bonchev–Trinajstić information content (AvgIpc) is 2.57. The Balaban J connectivity index is 0.00000484. The van der Waals surface area contributed by atoms with Crippen LogP contribution in [0.2, 0.25) is 0 Å². The molecule has 6 nitrogen and oxygen atoms in total. The van der Waals surface area contributed by atoms with E-state index in [1.54, 1.807) is 14.2 Å². The number of benzene rings is 1. The standard InChI is InChI=1S/C16H27N3O3.HI/c1-4-21-13-11-19-16(17-2)18-10-5-12-22-15-8-6-14(20-3)7-9-15;/h6-9H,4-5,10-13H2,1-3H3,(H2,17,18,19);1H. The predicted molar refractivity (Wildman–Crippen MR) is 104 cm³/mol. The van der Waals surface area contributed by atoms with Crippen molar-refractivity contribution >= 4 is 29.9 Å². The van der Waals surface area contributed by atoms with E-state index in [4.69, 9.17) is 14.2 Å². The summed E-state index contributed by atoms with van der Waals surface area (Å²) in [6, 6.07) is 7.58. The van der Waals surface area contributed by atoms with E-state index in [1.165, 1.54) is 0 Å². The molecule has 0 saturated heterocycles. The van der Waals surface area contributed by atoms with Crippen molar-refractivity contribution in [1.29, 1.82) is 0 Å². The number of nitrogens with zero attached hydrogens (tertiary/aromatic N) is 1. The van der Waals surface area contributed by atoms with E-state index in [0.29, 0.717) is 13.2 Å². The third kappa shape index (κ3) is 10.2. The zero-order chi connectivity index (χ0) is 16.0. The van der Waals surface area contributed by atoms with Crippen molar-refractivity contribution in [3.8, 4) is 11.5 Å². The van der Waals surface area contributed by atoms with E-state index < -0.39 is 0 Å². The summed E-state index contributed by atoms with van der Waals surface area (Å²) in [5.41, 5.74) is 0. The summed E-state index contributed by atoms with van der Waals surface area (Å²) in [7, 11) is 3.40. The van der Waals surface area contributed by atoms with E-state index >= 15 is 0 Å². The lowest BCUT2D eigenvalue weighted by atomic mass is 10.3. The number of methoxy groups -OCH3 is 1. The van der Waals surface area contributed by atoms with E-state index in [9.17, 15) is 0 Å². The quantitative estimate of drug-likeness (QED) is 0.255. The SMILES string of the molecule is CCOCCNC(=NC)NCCCOc1ccc(OC)cc1.I. The Kier molecular flexibility index (Phi) is 13.6. The fourth-order valence-corrected chi connectivity index (χ4v) is 1.75. The molecule has 0 spiro atoms. The minimum atomic E-state index is 0. The number of halogens is 1. The molecule has 0 aromatic heterocycles. The van der Waals surface area contributed by atoms with E-state index in [-0.39, 0.29) is 24.0 Å². The number of hydrogen-bond donors (Lipinski definition) is 2. The van der Waals surface area contributed by atoms with Crippen molar-refractivity contribution in [2.24, 2.45) is 4.99 Å². The van der Waals surface area contributed by atoms with Gasteiger partial charge in [0.25, 0.3) is 0 Å². The molecule has 1 aromatic rings. The molecule has 2 N–H and O–H groups in total. The Hall–Kier alpha value is -1.22. The first kappa shape index (κ1) is 21.8. The molecule has 0 aliphatic carbocycles. The van der Waals surface area contributed by atoms with Crippen LogP contribution in [0, 0.1) is 0 Å². The number of nitrogens with one attached hydrogen (secondary N) is 2. The third-order valence-corrected chi connectivity index (χ3v) is 2.91. The van der Waals surface area contributed by atoms with Crippen LogP contribution < -0.4 is 20.1 Å². The fraction of sp³-hybridized carbons (Fsp3) is 0.562. The lowest BCUT2D eigenvalue weighted by Crippen LogP contribution is -2.39. The van der Waals surface area contributed by atoms with Crippen molar-refractivity contribution in [3.63, 3.8) is 0 Å². The summed E-state index contributed by atoms with van der Waals surface area (Å²) < 4.78 is 16.0. The minimum Gasteiger partial charge on any atom is -0.497 e. The maximum atomic E-state index is 5.66. The summed E-state index contributed by atoms with van der Waals surface area (Å²) in [5.74, 6) is 2.46. The highest BCUT2D eigenvalue weighted by atomic mass is 127. The molecule has 0 unspecified atom stereocenters. The van der Waals surface area contributed by atoms with Gasteiger partial charge in [-0.3, -0.25) is 4.99 Å². The van der Waals surface area contributed by atoms with Crippen LogP contribution >= 0.6 is 24.0 Å². The molecule has 0 aliphatic heterocycles. The Labute approximate surface area is 156 Å². The topological polar surface area (TPSA) is 64.1 Å². The van der Waals surface area contributed by atoms with Crippen molar-refractivity contribution in [2.75, 3.05) is 47.1 Å². The van der Waals surface area contributed by atoms with Crippen LogP contribution in [0.25, 0.3) is 0 Å². The van der Waals surface area contributed by atoms with Gasteiger partial charge in [-0.1, -0.05) is 0 Å². The molecule has 0 aliphatic rings. The number of guanidine groups is 1. The van der Waals surface area contributed by atoms with Crippen LogP contribution in [0.5, 0.6) is 11.5 Å². The van der Waals surface area contributed by atoms with Crippen LogP contribution in [0.3, 0.4) is 0 Å². The maximum absolute atomic E-state index is 5.66. The molecule has 0 saturated carbocycles. The number of hydrogen-bond acceptors (Lipinski definition) is 4. The monoisotopic (exact) mass is 437 g/mol. The summed E-state index contributed by atoms with van der Waals surface area (Å²) in [5, 5.41) is 6.42. The van der Waals surface area contributed by atoms with Gasteiger partial charge < -0.3 is 24.8 Å². The third-order valence-electron chi connectivity index (χ3n) is 2.91. The lowest BCUT2D eigenvalue weighted by molar-refractivity contribution is 0.152. The molecule has 1 aromatic carbocycles. The average molecular weight is 437 g/mol. The molecule has 0 fully saturated rings. The summed E-state index contributed by atoms with van der Waals surface area (Å²) in [6.07, 6.45) is 0.887. The second kappa shape index (κ2) is 14.4. The van der Waals surface area contributed by atoms with Crippen molar-refractivity contribution in [1.82, 2.24) is 10.6 Å². The Bertz CT molecular complexity index is 427. The van der Waals surface area contributed by atoms with E-state index in [1.807, 2.05) is 31.2 Å². The van der Waals surface area contributed by atoms with Crippen molar-refractivity contribution in [3.05, 3.63) is 24.3 Å². The molecule has 0 atom stereocenters. The van der Waals surface area contributed by atoms with Gasteiger partial charge in [-0.15, -0.1) is 24.0 Å². The molecular formula is C16H28IN3O3. The molecule has 0 radical (unpaired) electrons. The van der Waals surface area contributed by atoms with Crippen LogP contribution in [-0.4, -0.2) is 53.0 Å². The van der Waals surface area contributed by atoms with Crippen molar-refractivity contribution in [2.45, 2.75) is 13.3 Å². The summed E-state index contributed by atoms with van der Waals surface area (Å²) in [4.78, 5) is 4.14. The molecular weight excluding hydrogens is 409 g/mol. The zero-order valence-electron chi connectivity index (χ0n) is 14.1. The van der Waals surface area contributed by atoms with Gasteiger partial charge in [-0.05, 0) is 37.6 Å². The maximum Gasteiger partial charge on any atom is 0.191 e. The molecule has 0 heterocycles. The van der Waals surface area contributed by atoms with Gasteiger partial charge in [0.2, 0.25) is 0 Å². The minimum absolute atomic E-state index is 0. The van der Waals surface area contributed by atoms with Crippen molar-refractivity contribution < 1.29 is 14.2 Å². The Morgan fingerprint density at radius 3 is 2.30 bits per heavy atom. The first-order chi connectivity index (χ1) is 10.8. The summed E-state index contributed by atoms with van der Waals surface area (Å²) >= 11 is 0. The highest BCUT2D eigenvalue weighted by Gasteiger charge is 1.98. The molecule has 1 rings (SSSR count). The molecule has 7 heteroatoms. The fourth-order valence-electron chi connectivity index (χ4n) is 1.75. The van der Waals surface area contributed by atoms with Gasteiger partial charge in [0.1, 0.15) is 11.5 Å².